The highest BCUT2D eigenvalue weighted by Gasteiger charge is 2.13. The summed E-state index contributed by atoms with van der Waals surface area (Å²) < 4.78 is 18.1. The van der Waals surface area contributed by atoms with Crippen LogP contribution in [0.5, 0.6) is 11.5 Å². The first-order valence-corrected chi connectivity index (χ1v) is 5.79. The molecule has 100 valence electrons. The van der Waals surface area contributed by atoms with Gasteiger partial charge in [-0.2, -0.15) is 0 Å². The van der Waals surface area contributed by atoms with Crippen LogP contribution in [-0.4, -0.2) is 10.2 Å². The summed E-state index contributed by atoms with van der Waals surface area (Å²) in [4.78, 5) is 12.3. The summed E-state index contributed by atoms with van der Waals surface area (Å²) in [5, 5.41) is 19.1. The van der Waals surface area contributed by atoms with Gasteiger partial charge in [-0.25, -0.2) is 4.39 Å². The van der Waals surface area contributed by atoms with Gasteiger partial charge >= 0.3 is 0 Å². The predicted molar refractivity (Wildman–Crippen MR) is 71.2 cm³/mol. The molecule has 0 saturated carbocycles. The van der Waals surface area contributed by atoms with Crippen molar-refractivity contribution in [2.75, 3.05) is 0 Å². The molecule has 0 unspecified atom stereocenters. The topological polar surface area (TPSA) is 70.7 Å². The highest BCUT2D eigenvalue weighted by Crippen LogP contribution is 2.29. The van der Waals surface area contributed by atoms with E-state index in [1.165, 1.54) is 36.6 Å². The average molecular weight is 272 g/mol. The van der Waals surface area contributed by atoms with Gasteiger partial charge in [0.15, 0.2) is 11.3 Å². The van der Waals surface area contributed by atoms with E-state index in [-0.39, 0.29) is 28.0 Å². The molecule has 5 heteroatoms. The molecule has 0 aliphatic carbocycles. The summed E-state index contributed by atoms with van der Waals surface area (Å²) in [5.41, 5.74) is 0.301. The van der Waals surface area contributed by atoms with Gasteiger partial charge in [-0.1, -0.05) is 12.1 Å². The number of halogens is 1. The van der Waals surface area contributed by atoms with Crippen molar-refractivity contribution in [3.05, 3.63) is 58.7 Å². The Bertz CT molecular complexity index is 850. The van der Waals surface area contributed by atoms with Crippen LogP contribution in [0, 0.1) is 5.82 Å². The molecular weight excluding hydrogens is 263 g/mol. The number of hydrogen-bond donors (Lipinski definition) is 2. The maximum atomic E-state index is 12.9. The molecule has 2 N–H and O–H groups in total. The van der Waals surface area contributed by atoms with Gasteiger partial charge in [-0.05, 0) is 23.8 Å². The minimum Gasteiger partial charge on any atom is -0.508 e. The average Bonchev–Trinajstić information content (AvgIpc) is 2.41. The Morgan fingerprint density at radius 2 is 1.75 bits per heavy atom. The number of phenols is 2. The van der Waals surface area contributed by atoms with Crippen LogP contribution in [0.3, 0.4) is 0 Å². The maximum Gasteiger partial charge on any atom is 0.200 e. The van der Waals surface area contributed by atoms with Crippen molar-refractivity contribution in [1.82, 2.24) is 0 Å². The predicted octanol–water partition coefficient (Wildman–Crippen LogP) is 3.01. The van der Waals surface area contributed by atoms with Crippen LogP contribution in [0.25, 0.3) is 22.1 Å². The Balaban J connectivity index is 2.31. The summed E-state index contributed by atoms with van der Waals surface area (Å²) >= 11 is 0. The van der Waals surface area contributed by atoms with Crippen LogP contribution in [0.4, 0.5) is 4.39 Å². The first kappa shape index (κ1) is 12.2. The van der Waals surface area contributed by atoms with E-state index >= 15 is 0 Å². The molecule has 0 atom stereocenters. The molecule has 0 spiro atoms. The standard InChI is InChI=1S/C15H9FO4/c16-9-3-1-8(2-4-9)12-7-20-15-11(14(12)19)5-10(17)6-13(15)18/h1-7,17-18H. The molecule has 20 heavy (non-hydrogen) atoms. The first-order chi connectivity index (χ1) is 9.56. The van der Waals surface area contributed by atoms with E-state index in [2.05, 4.69) is 0 Å². The van der Waals surface area contributed by atoms with Crippen LogP contribution in [-0.2, 0) is 0 Å². The molecule has 0 fully saturated rings. The summed E-state index contributed by atoms with van der Waals surface area (Å²) in [7, 11) is 0. The Kier molecular flexibility index (Phi) is 2.68. The Labute approximate surface area is 112 Å². The number of rotatable bonds is 1. The van der Waals surface area contributed by atoms with Crippen LogP contribution in [0.15, 0.2) is 51.9 Å². The van der Waals surface area contributed by atoms with Gasteiger partial charge in [0, 0.05) is 6.07 Å². The molecule has 0 saturated heterocycles. The fourth-order valence-corrected chi connectivity index (χ4v) is 2.04. The second-order valence-electron chi connectivity index (χ2n) is 4.33. The SMILES string of the molecule is O=c1c(-c2ccc(F)cc2)coc2c(O)cc(O)cc12. The smallest absolute Gasteiger partial charge is 0.200 e. The van der Waals surface area contributed by atoms with Gasteiger partial charge in [0.1, 0.15) is 17.8 Å². The van der Waals surface area contributed by atoms with Gasteiger partial charge in [0.2, 0.25) is 5.43 Å². The van der Waals surface area contributed by atoms with Gasteiger partial charge in [-0.3, -0.25) is 4.79 Å². The second-order valence-corrected chi connectivity index (χ2v) is 4.33. The molecule has 0 aliphatic rings. The number of benzene rings is 2. The summed E-state index contributed by atoms with van der Waals surface area (Å²) in [6.45, 7) is 0. The molecule has 3 rings (SSSR count). The normalized spacial score (nSPS) is 10.8. The van der Waals surface area contributed by atoms with Crippen molar-refractivity contribution in [2.24, 2.45) is 0 Å². The molecule has 4 nitrogen and oxygen atoms in total. The zero-order valence-electron chi connectivity index (χ0n) is 10.1. The number of fused-ring (bicyclic) bond motifs is 1. The van der Waals surface area contributed by atoms with Gasteiger partial charge in [0.25, 0.3) is 0 Å². The van der Waals surface area contributed by atoms with E-state index in [9.17, 15) is 19.4 Å². The van der Waals surface area contributed by atoms with E-state index < -0.39 is 11.2 Å². The van der Waals surface area contributed by atoms with Gasteiger partial charge < -0.3 is 14.6 Å². The molecule has 0 aliphatic heterocycles. The zero-order valence-corrected chi connectivity index (χ0v) is 10.1. The monoisotopic (exact) mass is 272 g/mol. The quantitative estimate of drug-likeness (QED) is 0.714. The van der Waals surface area contributed by atoms with Crippen molar-refractivity contribution in [2.45, 2.75) is 0 Å². The highest BCUT2D eigenvalue weighted by molar-refractivity contribution is 5.87. The number of hydrogen-bond acceptors (Lipinski definition) is 4. The van der Waals surface area contributed by atoms with E-state index in [1.807, 2.05) is 0 Å². The summed E-state index contributed by atoms with van der Waals surface area (Å²) in [6.07, 6.45) is 1.20. The molecule has 1 aromatic heterocycles. The lowest BCUT2D eigenvalue weighted by atomic mass is 10.1. The Hall–Kier alpha value is -2.82. The lowest BCUT2D eigenvalue weighted by Gasteiger charge is -2.04. The van der Waals surface area contributed by atoms with Crippen molar-refractivity contribution >= 4 is 11.0 Å². The minimum absolute atomic E-state index is 0.00124. The van der Waals surface area contributed by atoms with Crippen LogP contribution in [0.1, 0.15) is 0 Å². The molecule has 1 heterocycles. The van der Waals surface area contributed by atoms with Crippen molar-refractivity contribution in [3.8, 4) is 22.6 Å². The van der Waals surface area contributed by atoms with E-state index in [1.54, 1.807) is 0 Å². The maximum absolute atomic E-state index is 12.9. The van der Waals surface area contributed by atoms with Crippen molar-refractivity contribution in [1.29, 1.82) is 0 Å². The van der Waals surface area contributed by atoms with Gasteiger partial charge in [-0.15, -0.1) is 0 Å². The lowest BCUT2D eigenvalue weighted by molar-refractivity contribution is 0.444. The van der Waals surface area contributed by atoms with Gasteiger partial charge in [0.05, 0.1) is 10.9 Å². The Morgan fingerprint density at radius 3 is 2.45 bits per heavy atom. The van der Waals surface area contributed by atoms with Crippen molar-refractivity contribution < 1.29 is 19.0 Å². The molecule has 0 radical (unpaired) electrons. The molecule has 0 bridgehead atoms. The van der Waals surface area contributed by atoms with E-state index in [0.717, 1.165) is 6.07 Å². The molecule has 3 aromatic rings. The third kappa shape index (κ3) is 1.89. The largest absolute Gasteiger partial charge is 0.508 e. The van der Waals surface area contributed by atoms with Crippen molar-refractivity contribution in [3.63, 3.8) is 0 Å². The van der Waals surface area contributed by atoms with Crippen LogP contribution < -0.4 is 5.43 Å². The zero-order chi connectivity index (χ0) is 14.3. The van der Waals surface area contributed by atoms with E-state index in [4.69, 9.17) is 4.42 Å². The number of phenolic OH excluding ortho intramolecular Hbond substituents is 2. The van der Waals surface area contributed by atoms with E-state index in [0.29, 0.717) is 5.56 Å². The third-order valence-corrected chi connectivity index (χ3v) is 2.99. The number of aromatic hydroxyl groups is 2. The lowest BCUT2D eigenvalue weighted by Crippen LogP contribution is -2.04. The van der Waals surface area contributed by atoms with Crippen LogP contribution in [0.2, 0.25) is 0 Å². The van der Waals surface area contributed by atoms with Crippen LogP contribution >= 0.6 is 0 Å². The fourth-order valence-electron chi connectivity index (χ4n) is 2.04. The highest BCUT2D eigenvalue weighted by atomic mass is 19.1. The molecule has 2 aromatic carbocycles. The third-order valence-electron chi connectivity index (χ3n) is 2.99. The fraction of sp³-hybridized carbons (Fsp3) is 0. The first-order valence-electron chi connectivity index (χ1n) is 5.79. The molecule has 0 amide bonds. The second kappa shape index (κ2) is 4.38. The summed E-state index contributed by atoms with van der Waals surface area (Å²) in [5.74, 6) is -0.962. The Morgan fingerprint density at radius 1 is 1.05 bits per heavy atom. The minimum atomic E-state index is -0.413. The molecular formula is C15H9FO4. The summed E-state index contributed by atoms with van der Waals surface area (Å²) in [6, 6.07) is 7.68.